The van der Waals surface area contributed by atoms with E-state index < -0.39 is 12.1 Å². The molecular weight excluding hydrogens is 391 g/mol. The van der Waals surface area contributed by atoms with Crippen molar-refractivity contribution in [3.05, 3.63) is 64.3 Å². The Bertz CT molecular complexity index is 1240. The highest BCUT2D eigenvalue weighted by atomic mass is 19.4. The van der Waals surface area contributed by atoms with Crippen LogP contribution in [0, 0.1) is 13.8 Å². The first-order valence-electron chi connectivity index (χ1n) is 8.45. The van der Waals surface area contributed by atoms with Crippen molar-refractivity contribution < 1.29 is 22.4 Å². The van der Waals surface area contributed by atoms with E-state index >= 15 is 0 Å². The first kappa shape index (κ1) is 18.7. The van der Waals surface area contributed by atoms with Crippen LogP contribution in [0.5, 0.6) is 5.75 Å². The molecule has 0 bridgehead atoms. The number of fused-ring (bicyclic) bond motifs is 1. The zero-order valence-electron chi connectivity index (χ0n) is 15.3. The molecule has 0 radical (unpaired) electrons. The second-order valence-electron chi connectivity index (χ2n) is 6.35. The topological polar surface area (TPSA) is 87.5 Å². The third-order valence-corrected chi connectivity index (χ3v) is 4.14. The van der Waals surface area contributed by atoms with Crippen molar-refractivity contribution in [2.45, 2.75) is 26.8 Å². The monoisotopic (exact) mass is 405 g/mol. The van der Waals surface area contributed by atoms with Crippen LogP contribution in [0.1, 0.15) is 17.3 Å². The maximum absolute atomic E-state index is 12.7. The second-order valence-corrected chi connectivity index (χ2v) is 6.35. The Balaban J connectivity index is 1.70. The van der Waals surface area contributed by atoms with Crippen molar-refractivity contribution in [3.8, 4) is 16.9 Å². The number of aryl methyl sites for hydroxylation is 2. The maximum Gasteiger partial charge on any atom is 0.573 e. The molecule has 0 unspecified atom stereocenters. The fraction of sp³-hybridized carbons (Fsp3) is 0.222. The Kier molecular flexibility index (Phi) is 4.36. The molecule has 11 heteroatoms. The van der Waals surface area contributed by atoms with Crippen molar-refractivity contribution in [2.24, 2.45) is 0 Å². The number of hydrogen-bond acceptors (Lipinski definition) is 6. The predicted molar refractivity (Wildman–Crippen MR) is 94.4 cm³/mol. The summed E-state index contributed by atoms with van der Waals surface area (Å²) in [6, 6.07) is 7.19. The first-order valence-corrected chi connectivity index (χ1v) is 8.45. The van der Waals surface area contributed by atoms with Gasteiger partial charge < -0.3 is 9.26 Å². The Labute approximate surface area is 161 Å². The molecule has 0 N–H and O–H groups in total. The number of pyridine rings is 1. The molecule has 4 aromatic rings. The normalized spacial score (nSPS) is 11.9. The quantitative estimate of drug-likeness (QED) is 0.519. The number of halogens is 3. The number of nitrogens with zero attached hydrogens (tertiary/aromatic N) is 5. The van der Waals surface area contributed by atoms with Gasteiger partial charge in [0.1, 0.15) is 12.3 Å². The predicted octanol–water partition coefficient (Wildman–Crippen LogP) is 3.11. The van der Waals surface area contributed by atoms with Gasteiger partial charge in [0, 0.05) is 6.20 Å². The van der Waals surface area contributed by atoms with Gasteiger partial charge in [-0.1, -0.05) is 17.3 Å². The summed E-state index contributed by atoms with van der Waals surface area (Å²) in [6.45, 7) is 3.48. The molecule has 0 aliphatic carbocycles. The Morgan fingerprint density at radius 1 is 1.14 bits per heavy atom. The smallest absolute Gasteiger partial charge is 0.406 e. The lowest BCUT2D eigenvalue weighted by atomic mass is 10.1. The lowest BCUT2D eigenvalue weighted by Crippen LogP contribution is -2.21. The minimum absolute atomic E-state index is 0.0274. The number of ether oxygens (including phenoxy) is 1. The van der Waals surface area contributed by atoms with E-state index in [2.05, 4.69) is 20.0 Å². The average molecular weight is 405 g/mol. The van der Waals surface area contributed by atoms with Crippen molar-refractivity contribution in [2.75, 3.05) is 0 Å². The molecule has 0 aliphatic rings. The van der Waals surface area contributed by atoms with E-state index in [4.69, 9.17) is 4.52 Å². The van der Waals surface area contributed by atoms with Crippen molar-refractivity contribution in [3.63, 3.8) is 0 Å². The molecule has 0 saturated heterocycles. The van der Waals surface area contributed by atoms with Gasteiger partial charge in [-0.25, -0.2) is 13.9 Å². The van der Waals surface area contributed by atoms with Crippen LogP contribution in [-0.2, 0) is 6.54 Å². The van der Waals surface area contributed by atoms with Gasteiger partial charge in [0.25, 0.3) is 0 Å². The molecule has 0 atom stereocenters. The third kappa shape index (κ3) is 3.84. The van der Waals surface area contributed by atoms with Crippen LogP contribution in [0.4, 0.5) is 13.2 Å². The summed E-state index contributed by atoms with van der Waals surface area (Å²) in [5.41, 5.74) is 2.03. The van der Waals surface area contributed by atoms with Crippen LogP contribution in [0.3, 0.4) is 0 Å². The number of benzene rings is 1. The Morgan fingerprint density at radius 3 is 2.48 bits per heavy atom. The summed E-state index contributed by atoms with van der Waals surface area (Å²) in [5, 5.41) is 7.98. The van der Waals surface area contributed by atoms with Gasteiger partial charge in [0.2, 0.25) is 5.89 Å². The van der Waals surface area contributed by atoms with E-state index in [1.807, 2.05) is 0 Å². The highest BCUT2D eigenvalue weighted by Crippen LogP contribution is 2.27. The first-order chi connectivity index (χ1) is 13.7. The molecule has 29 heavy (non-hydrogen) atoms. The van der Waals surface area contributed by atoms with Gasteiger partial charge in [-0.15, -0.1) is 18.3 Å². The summed E-state index contributed by atoms with van der Waals surface area (Å²) in [6.07, 6.45) is -3.18. The number of alkyl halides is 3. The standard InChI is InChI=1S/C18H14F3N5O3/c1-10-7-13(12-3-5-14(6-4-12)28-18(19,20)21)8-25-16(10)23-26(17(25)27)9-15-22-11(2)24-29-15/h3-8H,9H2,1-2H3. The summed E-state index contributed by atoms with van der Waals surface area (Å²) in [4.78, 5) is 16.8. The highest BCUT2D eigenvalue weighted by Gasteiger charge is 2.31. The summed E-state index contributed by atoms with van der Waals surface area (Å²) in [7, 11) is 0. The van der Waals surface area contributed by atoms with Gasteiger partial charge in [-0.05, 0) is 48.7 Å². The Morgan fingerprint density at radius 2 is 1.86 bits per heavy atom. The highest BCUT2D eigenvalue weighted by molar-refractivity contribution is 5.67. The summed E-state index contributed by atoms with van der Waals surface area (Å²) < 4.78 is 48.4. The van der Waals surface area contributed by atoms with E-state index in [0.717, 1.165) is 5.56 Å². The SMILES string of the molecule is Cc1noc(Cn2nc3c(C)cc(-c4ccc(OC(F)(F)F)cc4)cn3c2=O)n1. The number of rotatable bonds is 4. The van der Waals surface area contributed by atoms with Gasteiger partial charge in [-0.2, -0.15) is 4.98 Å². The van der Waals surface area contributed by atoms with Crippen molar-refractivity contribution in [1.82, 2.24) is 24.3 Å². The van der Waals surface area contributed by atoms with Crippen molar-refractivity contribution in [1.29, 1.82) is 0 Å². The molecule has 4 rings (SSSR count). The second kappa shape index (κ2) is 6.76. The van der Waals surface area contributed by atoms with Gasteiger partial charge in [0.05, 0.1) is 0 Å². The molecule has 150 valence electrons. The van der Waals surface area contributed by atoms with Gasteiger partial charge >= 0.3 is 12.1 Å². The minimum Gasteiger partial charge on any atom is -0.406 e. The fourth-order valence-corrected chi connectivity index (χ4v) is 2.92. The molecule has 0 fully saturated rings. The lowest BCUT2D eigenvalue weighted by molar-refractivity contribution is -0.274. The zero-order chi connectivity index (χ0) is 20.8. The number of aromatic nitrogens is 5. The summed E-state index contributed by atoms with van der Waals surface area (Å²) >= 11 is 0. The third-order valence-electron chi connectivity index (χ3n) is 4.14. The van der Waals surface area contributed by atoms with Crippen LogP contribution in [-0.4, -0.2) is 30.7 Å². The molecular formula is C18H14F3N5O3. The molecule has 0 spiro atoms. The zero-order valence-corrected chi connectivity index (χ0v) is 15.3. The molecule has 0 saturated carbocycles. The Hall–Kier alpha value is -3.63. The number of hydrogen-bond donors (Lipinski definition) is 0. The van der Waals surface area contributed by atoms with E-state index in [1.165, 1.54) is 33.3 Å². The molecule has 8 nitrogen and oxygen atoms in total. The maximum atomic E-state index is 12.7. The largest absolute Gasteiger partial charge is 0.573 e. The molecule has 3 aromatic heterocycles. The van der Waals surface area contributed by atoms with Crippen LogP contribution < -0.4 is 10.4 Å². The minimum atomic E-state index is -4.75. The van der Waals surface area contributed by atoms with Gasteiger partial charge in [0.15, 0.2) is 11.5 Å². The summed E-state index contributed by atoms with van der Waals surface area (Å²) in [5.74, 6) is 0.387. The molecule has 3 heterocycles. The van der Waals surface area contributed by atoms with Crippen LogP contribution in [0.15, 0.2) is 45.8 Å². The fourth-order valence-electron chi connectivity index (χ4n) is 2.92. The van der Waals surface area contributed by atoms with Gasteiger partial charge in [-0.3, -0.25) is 0 Å². The van der Waals surface area contributed by atoms with E-state index in [1.54, 1.807) is 26.1 Å². The van der Waals surface area contributed by atoms with Crippen LogP contribution in [0.25, 0.3) is 16.8 Å². The van der Waals surface area contributed by atoms with Crippen LogP contribution >= 0.6 is 0 Å². The van der Waals surface area contributed by atoms with Crippen molar-refractivity contribution >= 4 is 5.65 Å². The van der Waals surface area contributed by atoms with Crippen LogP contribution in [0.2, 0.25) is 0 Å². The van der Waals surface area contributed by atoms with E-state index in [9.17, 15) is 18.0 Å². The molecule has 0 aliphatic heterocycles. The van der Waals surface area contributed by atoms with E-state index in [0.29, 0.717) is 22.6 Å². The molecule has 1 aromatic carbocycles. The lowest BCUT2D eigenvalue weighted by Gasteiger charge is -2.09. The molecule has 0 amide bonds. The van der Waals surface area contributed by atoms with E-state index in [-0.39, 0.29) is 18.2 Å². The average Bonchev–Trinajstić information content (AvgIpc) is 3.19.